The quantitative estimate of drug-likeness (QED) is 0.121. The highest BCUT2D eigenvalue weighted by atomic mass is 16.5. The molecule has 7 aromatic rings. The predicted molar refractivity (Wildman–Crippen MR) is 260 cm³/mol. The molecule has 3 N–H and O–H groups in total. The zero-order valence-corrected chi connectivity index (χ0v) is 39.3. The number of rotatable bonds is 9. The van der Waals surface area contributed by atoms with Gasteiger partial charge in [0.15, 0.2) is 0 Å². The standard InChI is InChI=1S/C54H56N8O6/c1-33-22-37-8-6-7-9-39(37)31-60(33)53(65)45-25-40-30-59(51(64)23-36-10-13-43(14-11-36)68-21-19-62(56)18-20-67-34(2)32-62)17-16-38(40)24-44(45)50-28-47-52(58(50)5)46-27-42(63)12-15-48(46)61(54(47)66)49-26-41(29-55)57(4)35(49)3/h6-15,24-28,33-34H,16-23,30-32,56H2,1-5H3/p+1/t33-,34+,62?/m1/s1. The molecule has 3 aromatic heterocycles. The third-order valence-corrected chi connectivity index (χ3v) is 14.6. The number of ether oxygens (including phenoxy) is 2. The topological polar surface area (TPSA) is 161 Å². The van der Waals surface area contributed by atoms with Gasteiger partial charge in [-0.05, 0) is 116 Å². The highest BCUT2D eigenvalue weighted by Gasteiger charge is 2.33. The number of pyridine rings is 1. The summed E-state index contributed by atoms with van der Waals surface area (Å²) in [5.41, 5.74) is 9.61. The number of aryl methyl sites for hydroxylation is 1. The van der Waals surface area contributed by atoms with E-state index in [2.05, 4.69) is 31.2 Å². The smallest absolute Gasteiger partial charge is 0.265 e. The molecule has 14 heteroatoms. The van der Waals surface area contributed by atoms with Crippen LogP contribution < -0.4 is 16.1 Å². The lowest BCUT2D eigenvalue weighted by atomic mass is 9.89. The first-order valence-corrected chi connectivity index (χ1v) is 23.4. The van der Waals surface area contributed by atoms with Crippen LogP contribution >= 0.6 is 0 Å². The minimum Gasteiger partial charge on any atom is -0.508 e. The first-order chi connectivity index (χ1) is 32.7. The monoisotopic (exact) mass is 913 g/mol. The van der Waals surface area contributed by atoms with Gasteiger partial charge in [-0.25, -0.2) is 4.59 Å². The minimum atomic E-state index is -0.286. The number of carbonyl (C=O) groups excluding carboxylic acids is 2. The molecule has 0 saturated carbocycles. The number of phenols is 1. The van der Waals surface area contributed by atoms with Gasteiger partial charge >= 0.3 is 0 Å². The number of amides is 2. The van der Waals surface area contributed by atoms with E-state index >= 15 is 4.79 Å². The number of quaternary nitrogens is 1. The maximum absolute atomic E-state index is 15.2. The first kappa shape index (κ1) is 44.6. The van der Waals surface area contributed by atoms with Crippen LogP contribution in [0.1, 0.15) is 63.4 Å². The van der Waals surface area contributed by atoms with E-state index in [9.17, 15) is 20.0 Å². The van der Waals surface area contributed by atoms with Gasteiger partial charge < -0.3 is 33.5 Å². The molecule has 0 spiro atoms. The van der Waals surface area contributed by atoms with Crippen LogP contribution in [0, 0.1) is 18.3 Å². The molecule has 3 atom stereocenters. The van der Waals surface area contributed by atoms with Crippen LogP contribution in [0.3, 0.4) is 0 Å². The summed E-state index contributed by atoms with van der Waals surface area (Å²) in [6, 6.07) is 30.6. The SMILES string of the molecule is Cc1c(-n2c(=O)c3cc(-c4cc5c(cc4C(=O)N4Cc6ccccc6C[C@H]4C)CN(C(=O)Cc4ccc(OCC[N+]6(N)CCO[C@@H](C)C6)cc4)CC5)n(C)c3c3cc(O)ccc32)cc(C#N)n1C. The molecule has 68 heavy (non-hydrogen) atoms. The largest absolute Gasteiger partial charge is 0.508 e. The number of aromatic nitrogens is 3. The molecule has 10 rings (SSSR count). The lowest BCUT2D eigenvalue weighted by Gasteiger charge is -2.38. The lowest BCUT2D eigenvalue weighted by Crippen LogP contribution is -2.63. The molecule has 0 bridgehead atoms. The van der Waals surface area contributed by atoms with E-state index in [1.165, 1.54) is 5.56 Å². The number of carbonyl (C=O) groups is 2. The molecular weight excluding hydrogens is 857 g/mol. The summed E-state index contributed by atoms with van der Waals surface area (Å²) in [6.45, 7) is 10.6. The molecule has 0 aliphatic carbocycles. The second kappa shape index (κ2) is 17.5. The maximum atomic E-state index is 15.2. The molecule has 0 radical (unpaired) electrons. The molecule has 6 heterocycles. The van der Waals surface area contributed by atoms with E-state index in [0.717, 1.165) is 53.2 Å². The molecule has 1 fully saturated rings. The third kappa shape index (κ3) is 8.00. The van der Waals surface area contributed by atoms with E-state index in [1.807, 2.05) is 83.8 Å². The second-order valence-corrected chi connectivity index (χ2v) is 19.0. The van der Waals surface area contributed by atoms with Crippen molar-refractivity contribution < 1.29 is 28.8 Å². The third-order valence-electron chi connectivity index (χ3n) is 14.6. The van der Waals surface area contributed by atoms with Gasteiger partial charge in [0.25, 0.3) is 11.5 Å². The molecule has 14 nitrogen and oxygen atoms in total. The Hall–Kier alpha value is -7.18. The molecule has 2 amide bonds. The summed E-state index contributed by atoms with van der Waals surface area (Å²) in [5.74, 6) is 7.20. The van der Waals surface area contributed by atoms with Gasteiger partial charge in [-0.15, -0.1) is 0 Å². The number of hydrogen-bond donors (Lipinski definition) is 2. The summed E-state index contributed by atoms with van der Waals surface area (Å²) in [4.78, 5) is 47.9. The fourth-order valence-corrected chi connectivity index (χ4v) is 10.7. The molecular formula is C54H57N8O6+. The number of aromatic hydroxyl groups is 1. The number of nitrogens with two attached hydrogens (primary N) is 1. The zero-order valence-electron chi connectivity index (χ0n) is 39.3. The van der Waals surface area contributed by atoms with Crippen LogP contribution in [-0.2, 0) is 56.0 Å². The number of nitrogens with zero attached hydrogens (tertiary/aromatic N) is 7. The van der Waals surface area contributed by atoms with Crippen LogP contribution in [-0.4, -0.2) is 96.6 Å². The van der Waals surface area contributed by atoms with Crippen molar-refractivity contribution in [2.45, 2.75) is 65.3 Å². The Balaban J connectivity index is 0.992. The number of fused-ring (bicyclic) bond motifs is 5. The minimum absolute atomic E-state index is 0.00539. The Morgan fingerprint density at radius 1 is 0.926 bits per heavy atom. The van der Waals surface area contributed by atoms with Crippen LogP contribution in [0.25, 0.3) is 38.8 Å². The molecule has 348 valence electrons. The molecule has 3 aliphatic rings. The summed E-state index contributed by atoms with van der Waals surface area (Å²) >= 11 is 0. The molecule has 4 aromatic carbocycles. The van der Waals surface area contributed by atoms with Gasteiger partial charge in [0.2, 0.25) is 5.91 Å². The lowest BCUT2D eigenvalue weighted by molar-refractivity contribution is -0.949. The van der Waals surface area contributed by atoms with Crippen molar-refractivity contribution in [3.05, 3.63) is 146 Å². The molecule has 3 aliphatic heterocycles. The summed E-state index contributed by atoms with van der Waals surface area (Å²) in [7, 11) is 3.68. The van der Waals surface area contributed by atoms with Crippen LogP contribution in [0.2, 0.25) is 0 Å². The fourth-order valence-electron chi connectivity index (χ4n) is 10.7. The average Bonchev–Trinajstić information content (AvgIpc) is 3.82. The number of nitriles is 1. The summed E-state index contributed by atoms with van der Waals surface area (Å²) < 4.78 is 17.5. The number of morpholine rings is 1. The van der Waals surface area contributed by atoms with E-state index < -0.39 is 0 Å². The Labute approximate surface area is 395 Å². The zero-order chi connectivity index (χ0) is 47.6. The number of hydrogen-bond acceptors (Lipinski definition) is 8. The fraction of sp³-hybridized carbons (Fsp3) is 0.333. The maximum Gasteiger partial charge on any atom is 0.265 e. The van der Waals surface area contributed by atoms with Gasteiger partial charge in [-0.2, -0.15) is 11.1 Å². The highest BCUT2D eigenvalue weighted by molar-refractivity contribution is 6.09. The van der Waals surface area contributed by atoms with Crippen molar-refractivity contribution in [2.24, 2.45) is 19.9 Å². The second-order valence-electron chi connectivity index (χ2n) is 19.0. The normalized spacial score (nSPS) is 19.2. The summed E-state index contributed by atoms with van der Waals surface area (Å²) in [6.07, 6.45) is 1.64. The summed E-state index contributed by atoms with van der Waals surface area (Å²) in [5, 5.41) is 21.8. The van der Waals surface area contributed by atoms with Gasteiger partial charge in [0, 0.05) is 67.7 Å². The van der Waals surface area contributed by atoms with Crippen molar-refractivity contribution >= 4 is 33.6 Å². The van der Waals surface area contributed by atoms with Crippen molar-refractivity contribution in [3.8, 4) is 34.5 Å². The van der Waals surface area contributed by atoms with E-state index in [4.69, 9.17) is 15.3 Å². The van der Waals surface area contributed by atoms with E-state index in [1.54, 1.807) is 40.4 Å². The van der Waals surface area contributed by atoms with Crippen LogP contribution in [0.4, 0.5) is 0 Å². The van der Waals surface area contributed by atoms with Crippen LogP contribution in [0.15, 0.2) is 95.8 Å². The highest BCUT2D eigenvalue weighted by Crippen LogP contribution is 2.38. The first-order valence-electron chi connectivity index (χ1n) is 23.4. The molecule has 1 saturated heterocycles. The number of phenolic OH excluding ortho intramolecular Hbond substituents is 1. The Bertz CT molecular complexity index is 3270. The Morgan fingerprint density at radius 2 is 1.71 bits per heavy atom. The van der Waals surface area contributed by atoms with E-state index in [0.29, 0.717) is 100 Å². The Kier molecular flexibility index (Phi) is 11.5. The van der Waals surface area contributed by atoms with Crippen molar-refractivity contribution in [1.82, 2.24) is 23.5 Å². The number of benzene rings is 4. The van der Waals surface area contributed by atoms with E-state index in [-0.39, 0.29) is 41.7 Å². The Morgan fingerprint density at radius 3 is 2.46 bits per heavy atom. The van der Waals surface area contributed by atoms with Crippen molar-refractivity contribution in [3.63, 3.8) is 0 Å². The predicted octanol–water partition coefficient (Wildman–Crippen LogP) is 6.58. The van der Waals surface area contributed by atoms with Gasteiger partial charge in [0.1, 0.15) is 55.6 Å². The van der Waals surface area contributed by atoms with Gasteiger partial charge in [-0.1, -0.05) is 36.4 Å². The van der Waals surface area contributed by atoms with Crippen molar-refractivity contribution in [2.75, 3.05) is 39.4 Å². The van der Waals surface area contributed by atoms with Crippen molar-refractivity contribution in [1.29, 1.82) is 5.26 Å². The molecule has 1 unspecified atom stereocenters. The average molecular weight is 914 g/mol. The van der Waals surface area contributed by atoms with Gasteiger partial charge in [0.05, 0.1) is 35.1 Å². The van der Waals surface area contributed by atoms with Gasteiger partial charge in [-0.3, -0.25) is 19.0 Å². The van der Waals surface area contributed by atoms with Crippen LogP contribution in [0.5, 0.6) is 11.5 Å².